The molecule has 9 nitrogen and oxygen atoms in total. The van der Waals surface area contributed by atoms with Crippen molar-refractivity contribution in [3.05, 3.63) is 48.7 Å². The fourth-order valence-corrected chi connectivity index (χ4v) is 4.82. The molecule has 1 fully saturated rings. The van der Waals surface area contributed by atoms with Crippen molar-refractivity contribution in [3.63, 3.8) is 0 Å². The van der Waals surface area contributed by atoms with Crippen molar-refractivity contribution < 1.29 is 9.84 Å². The number of hydrogen-bond acceptors (Lipinski definition) is 9. The lowest BCUT2D eigenvalue weighted by molar-refractivity contribution is 0.145. The second kappa shape index (κ2) is 10.6. The third-order valence-electron chi connectivity index (χ3n) is 6.07. The summed E-state index contributed by atoms with van der Waals surface area (Å²) in [4.78, 5) is 12.8. The number of rotatable bonds is 8. The maximum Gasteiger partial charge on any atom is 0.231 e. The highest BCUT2D eigenvalue weighted by molar-refractivity contribution is 7.98. The van der Waals surface area contributed by atoms with E-state index in [0.29, 0.717) is 17.4 Å². The predicted octanol–water partition coefficient (Wildman–Crippen LogP) is 5.31. The van der Waals surface area contributed by atoms with Crippen molar-refractivity contribution in [2.24, 2.45) is 0 Å². The van der Waals surface area contributed by atoms with Gasteiger partial charge in [0.05, 0.1) is 35.2 Å². The highest BCUT2D eigenvalue weighted by Gasteiger charge is 2.19. The highest BCUT2D eigenvalue weighted by Crippen LogP contribution is 2.35. The van der Waals surface area contributed by atoms with Gasteiger partial charge in [0.25, 0.3) is 0 Å². The summed E-state index contributed by atoms with van der Waals surface area (Å²) in [6, 6.07) is 14.2. The number of hydrogen-bond donors (Lipinski definition) is 4. The van der Waals surface area contributed by atoms with Crippen molar-refractivity contribution in [2.75, 3.05) is 34.9 Å². The van der Waals surface area contributed by atoms with Gasteiger partial charge in [-0.3, -0.25) is 5.10 Å². The second-order valence-electron chi connectivity index (χ2n) is 9.04. The molecule has 1 aliphatic heterocycles. The molecule has 0 radical (unpaired) electrons. The lowest BCUT2D eigenvalue weighted by Gasteiger charge is -2.32. The molecule has 4 aromatic rings. The molecule has 0 atom stereocenters. The molecule has 0 bridgehead atoms. The molecule has 1 saturated heterocycles. The number of ether oxygens (including phenoxy) is 1. The van der Waals surface area contributed by atoms with Crippen molar-refractivity contribution in [1.82, 2.24) is 20.2 Å². The van der Waals surface area contributed by atoms with Crippen LogP contribution in [0.3, 0.4) is 0 Å². The lowest BCUT2D eigenvalue weighted by Crippen LogP contribution is -2.35. The van der Waals surface area contributed by atoms with Crippen LogP contribution in [0, 0.1) is 0 Å². The minimum absolute atomic E-state index is 0.000238. The van der Waals surface area contributed by atoms with Gasteiger partial charge in [0, 0.05) is 29.7 Å². The number of piperidine rings is 1. The van der Waals surface area contributed by atoms with Crippen LogP contribution in [0.15, 0.2) is 53.6 Å². The van der Waals surface area contributed by atoms with Crippen molar-refractivity contribution >= 4 is 51.6 Å². The van der Waals surface area contributed by atoms with Crippen LogP contribution in [0.4, 0.5) is 28.8 Å². The lowest BCUT2D eigenvalue weighted by atomic mass is 10.1. The van der Waals surface area contributed by atoms with Crippen molar-refractivity contribution in [2.45, 2.75) is 43.8 Å². The van der Waals surface area contributed by atoms with Crippen LogP contribution in [0.2, 0.25) is 0 Å². The Kier molecular flexibility index (Phi) is 7.15. The summed E-state index contributed by atoms with van der Waals surface area (Å²) < 4.78 is 6.17. The Labute approximate surface area is 214 Å². The molecule has 4 N–H and O–H groups in total. The van der Waals surface area contributed by atoms with Gasteiger partial charge in [-0.15, -0.1) is 11.8 Å². The Bertz CT molecular complexity index is 1340. The summed E-state index contributed by atoms with van der Waals surface area (Å²) in [7, 11) is 0. The van der Waals surface area contributed by atoms with E-state index in [2.05, 4.69) is 42.8 Å². The standard InChI is InChI=1S/C26H31N7O2S/c1-16(2)35-22-14-17(33-12-10-18(34)11-13-33)8-9-20(22)29-26-30-24(19-15-27-32-25(19)31-26)28-21-6-4-5-7-23(21)36-3/h4-9,14-16,18,34H,10-13H2,1-3H3,(H3,27,28,29,30,31,32). The van der Waals surface area contributed by atoms with Gasteiger partial charge in [0.2, 0.25) is 5.95 Å². The Morgan fingerprint density at radius 1 is 1.08 bits per heavy atom. The Hall–Kier alpha value is -3.50. The molecule has 0 unspecified atom stereocenters. The number of fused-ring (bicyclic) bond motifs is 1. The zero-order valence-electron chi connectivity index (χ0n) is 20.7. The number of aliphatic hydroxyl groups excluding tert-OH is 1. The third kappa shape index (κ3) is 5.34. The number of anilines is 5. The van der Waals surface area contributed by atoms with E-state index in [9.17, 15) is 5.11 Å². The van der Waals surface area contributed by atoms with E-state index in [1.807, 2.05) is 50.4 Å². The number of nitrogens with zero attached hydrogens (tertiary/aromatic N) is 4. The van der Waals surface area contributed by atoms with E-state index >= 15 is 0 Å². The number of benzene rings is 2. The fraction of sp³-hybridized carbons (Fsp3) is 0.346. The Balaban J connectivity index is 1.46. The predicted molar refractivity (Wildman–Crippen MR) is 146 cm³/mol. The van der Waals surface area contributed by atoms with E-state index in [1.165, 1.54) is 0 Å². The van der Waals surface area contributed by atoms with E-state index in [-0.39, 0.29) is 12.2 Å². The molecule has 3 heterocycles. The number of aromatic nitrogens is 4. The Morgan fingerprint density at radius 2 is 1.89 bits per heavy atom. The average molecular weight is 506 g/mol. The van der Waals surface area contributed by atoms with Gasteiger partial charge in [0.1, 0.15) is 11.6 Å². The van der Waals surface area contributed by atoms with Crippen LogP contribution in [0.25, 0.3) is 11.0 Å². The van der Waals surface area contributed by atoms with Crippen LogP contribution in [-0.2, 0) is 0 Å². The zero-order chi connectivity index (χ0) is 25.1. The van der Waals surface area contributed by atoms with Crippen LogP contribution in [0.1, 0.15) is 26.7 Å². The van der Waals surface area contributed by atoms with Crippen LogP contribution in [-0.4, -0.2) is 56.8 Å². The molecule has 2 aromatic carbocycles. The van der Waals surface area contributed by atoms with E-state index < -0.39 is 0 Å². The molecule has 0 amide bonds. The van der Waals surface area contributed by atoms with Gasteiger partial charge in [0.15, 0.2) is 5.65 Å². The van der Waals surface area contributed by atoms with Crippen molar-refractivity contribution in [3.8, 4) is 5.75 Å². The first kappa shape index (κ1) is 24.2. The molecular weight excluding hydrogens is 474 g/mol. The summed E-state index contributed by atoms with van der Waals surface area (Å²) in [6.45, 7) is 5.65. The molecule has 0 saturated carbocycles. The number of aliphatic hydroxyl groups is 1. The molecule has 1 aliphatic rings. The Morgan fingerprint density at radius 3 is 2.67 bits per heavy atom. The first-order valence-electron chi connectivity index (χ1n) is 12.1. The van der Waals surface area contributed by atoms with Gasteiger partial charge >= 0.3 is 0 Å². The fourth-order valence-electron chi connectivity index (χ4n) is 4.27. The third-order valence-corrected chi connectivity index (χ3v) is 6.87. The number of H-pyrrole nitrogens is 1. The molecule has 2 aromatic heterocycles. The first-order chi connectivity index (χ1) is 17.5. The minimum atomic E-state index is -0.214. The summed E-state index contributed by atoms with van der Waals surface area (Å²) in [6.07, 6.45) is 5.10. The molecule has 5 rings (SSSR count). The minimum Gasteiger partial charge on any atom is -0.489 e. The quantitative estimate of drug-likeness (QED) is 0.237. The SMILES string of the molecule is CSc1ccccc1Nc1nc(Nc2ccc(N3CCC(O)CC3)cc2OC(C)C)nc2[nH]ncc12. The summed E-state index contributed by atoms with van der Waals surface area (Å²) in [5.74, 6) is 1.81. The zero-order valence-corrected chi connectivity index (χ0v) is 21.5. The maximum atomic E-state index is 9.87. The molecule has 188 valence electrons. The molecule has 0 aliphatic carbocycles. The number of para-hydroxylation sites is 1. The van der Waals surface area contributed by atoms with E-state index in [0.717, 1.165) is 59.0 Å². The summed E-state index contributed by atoms with van der Waals surface area (Å²) >= 11 is 1.67. The van der Waals surface area contributed by atoms with Gasteiger partial charge in [-0.25, -0.2) is 0 Å². The number of nitrogens with one attached hydrogen (secondary N) is 3. The first-order valence-corrected chi connectivity index (χ1v) is 13.3. The van der Waals surface area contributed by atoms with Gasteiger partial charge < -0.3 is 25.4 Å². The van der Waals surface area contributed by atoms with Gasteiger partial charge in [-0.2, -0.15) is 15.1 Å². The van der Waals surface area contributed by atoms with Crippen molar-refractivity contribution in [1.29, 1.82) is 0 Å². The van der Waals surface area contributed by atoms with Gasteiger partial charge in [-0.05, 0) is 57.2 Å². The molecule has 36 heavy (non-hydrogen) atoms. The van der Waals surface area contributed by atoms with E-state index in [4.69, 9.17) is 9.72 Å². The number of thioether (sulfide) groups is 1. The average Bonchev–Trinajstić information content (AvgIpc) is 3.35. The van der Waals surface area contributed by atoms with Crippen LogP contribution < -0.4 is 20.3 Å². The largest absolute Gasteiger partial charge is 0.489 e. The van der Waals surface area contributed by atoms with Gasteiger partial charge in [-0.1, -0.05) is 12.1 Å². The number of aromatic amines is 1. The second-order valence-corrected chi connectivity index (χ2v) is 9.89. The summed E-state index contributed by atoms with van der Waals surface area (Å²) in [5.41, 5.74) is 3.45. The normalized spacial score (nSPS) is 14.4. The monoisotopic (exact) mass is 505 g/mol. The maximum absolute atomic E-state index is 9.87. The van der Waals surface area contributed by atoms with Crippen LogP contribution in [0.5, 0.6) is 5.75 Å². The molecule has 0 spiro atoms. The highest BCUT2D eigenvalue weighted by atomic mass is 32.2. The molecule has 10 heteroatoms. The van der Waals surface area contributed by atoms with E-state index in [1.54, 1.807) is 18.0 Å². The smallest absolute Gasteiger partial charge is 0.231 e. The topological polar surface area (TPSA) is 111 Å². The van der Waals surface area contributed by atoms with Crippen LogP contribution >= 0.6 is 11.8 Å². The summed E-state index contributed by atoms with van der Waals surface area (Å²) in [5, 5.41) is 24.6. The molecular formula is C26H31N7O2S.